The van der Waals surface area contributed by atoms with Gasteiger partial charge in [-0.05, 0) is 37.9 Å². The van der Waals surface area contributed by atoms with Gasteiger partial charge in [-0.2, -0.15) is 4.39 Å². The van der Waals surface area contributed by atoms with Gasteiger partial charge in [0, 0.05) is 0 Å². The van der Waals surface area contributed by atoms with Crippen molar-refractivity contribution < 1.29 is 13.5 Å². The van der Waals surface area contributed by atoms with Crippen LogP contribution in [0.25, 0.3) is 0 Å². The van der Waals surface area contributed by atoms with E-state index in [1.54, 1.807) is 13.0 Å². The van der Waals surface area contributed by atoms with E-state index in [4.69, 9.17) is 10.5 Å². The van der Waals surface area contributed by atoms with Crippen LogP contribution in [-0.2, 0) is 6.42 Å². The summed E-state index contributed by atoms with van der Waals surface area (Å²) in [4.78, 5) is 0. The molecule has 0 aliphatic rings. The Morgan fingerprint density at radius 1 is 1.33 bits per heavy atom. The summed E-state index contributed by atoms with van der Waals surface area (Å²) in [7, 11) is 0. The van der Waals surface area contributed by atoms with E-state index >= 15 is 0 Å². The first kappa shape index (κ1) is 11.9. The minimum atomic E-state index is -0.911. The highest BCUT2D eigenvalue weighted by Crippen LogP contribution is 2.26. The Morgan fingerprint density at radius 3 is 2.67 bits per heavy atom. The Balaban J connectivity index is 2.97. The summed E-state index contributed by atoms with van der Waals surface area (Å²) >= 11 is 0. The Kier molecular flexibility index (Phi) is 4.49. The van der Waals surface area contributed by atoms with Crippen LogP contribution in [-0.4, -0.2) is 13.2 Å². The van der Waals surface area contributed by atoms with Crippen molar-refractivity contribution in [1.82, 2.24) is 0 Å². The van der Waals surface area contributed by atoms with Crippen molar-refractivity contribution in [2.45, 2.75) is 19.8 Å². The van der Waals surface area contributed by atoms with E-state index in [1.165, 1.54) is 0 Å². The highest BCUT2D eigenvalue weighted by Gasteiger charge is 2.13. The molecule has 2 nitrogen and oxygen atoms in total. The standard InChI is InChI=1S/C11H15F2NO/c1-2-15-11-8(4-3-7-14)5-6-9(12)10(11)13/h5-6H,2-4,7,14H2,1H3. The monoisotopic (exact) mass is 215 g/mol. The fourth-order valence-corrected chi connectivity index (χ4v) is 1.36. The maximum Gasteiger partial charge on any atom is 0.200 e. The van der Waals surface area contributed by atoms with Crippen molar-refractivity contribution in [2.75, 3.05) is 13.2 Å². The average Bonchev–Trinajstić information content (AvgIpc) is 2.24. The first-order valence-electron chi connectivity index (χ1n) is 5.00. The van der Waals surface area contributed by atoms with Crippen LogP contribution in [0.4, 0.5) is 8.78 Å². The van der Waals surface area contributed by atoms with Crippen molar-refractivity contribution in [3.63, 3.8) is 0 Å². The number of rotatable bonds is 5. The number of nitrogens with two attached hydrogens (primary N) is 1. The molecule has 4 heteroatoms. The Bertz CT molecular complexity index is 329. The Hall–Kier alpha value is -1.16. The maximum absolute atomic E-state index is 13.3. The van der Waals surface area contributed by atoms with E-state index in [-0.39, 0.29) is 5.75 Å². The average molecular weight is 215 g/mol. The molecule has 1 rings (SSSR count). The minimum absolute atomic E-state index is 0.0194. The van der Waals surface area contributed by atoms with Gasteiger partial charge in [-0.25, -0.2) is 4.39 Å². The summed E-state index contributed by atoms with van der Waals surface area (Å²) in [5, 5.41) is 0. The van der Waals surface area contributed by atoms with Gasteiger partial charge < -0.3 is 10.5 Å². The van der Waals surface area contributed by atoms with Crippen LogP contribution in [0.2, 0.25) is 0 Å². The fraction of sp³-hybridized carbons (Fsp3) is 0.455. The zero-order chi connectivity index (χ0) is 11.3. The summed E-state index contributed by atoms with van der Waals surface area (Å²) in [6, 6.07) is 2.66. The van der Waals surface area contributed by atoms with Crippen molar-refractivity contribution in [1.29, 1.82) is 0 Å². The van der Waals surface area contributed by atoms with Crippen molar-refractivity contribution >= 4 is 0 Å². The molecular formula is C11H15F2NO. The zero-order valence-corrected chi connectivity index (χ0v) is 8.72. The van der Waals surface area contributed by atoms with Crippen LogP contribution >= 0.6 is 0 Å². The Labute approximate surface area is 88.0 Å². The van der Waals surface area contributed by atoms with Crippen LogP contribution in [0, 0.1) is 11.6 Å². The highest BCUT2D eigenvalue weighted by atomic mass is 19.2. The van der Waals surface area contributed by atoms with E-state index in [9.17, 15) is 8.78 Å². The first-order chi connectivity index (χ1) is 7.20. The van der Waals surface area contributed by atoms with Gasteiger partial charge in [-0.1, -0.05) is 6.07 Å². The number of halogens is 2. The lowest BCUT2D eigenvalue weighted by atomic mass is 10.1. The molecule has 0 atom stereocenters. The molecule has 0 heterocycles. The molecule has 0 saturated heterocycles. The number of hydrogen-bond acceptors (Lipinski definition) is 2. The second-order valence-electron chi connectivity index (χ2n) is 3.17. The molecule has 0 bridgehead atoms. The minimum Gasteiger partial charge on any atom is -0.490 e. The van der Waals surface area contributed by atoms with Crippen LogP contribution < -0.4 is 10.5 Å². The molecule has 0 spiro atoms. The molecule has 1 aromatic rings. The number of ether oxygens (including phenoxy) is 1. The zero-order valence-electron chi connectivity index (χ0n) is 8.72. The number of benzene rings is 1. The van der Waals surface area contributed by atoms with Gasteiger partial charge >= 0.3 is 0 Å². The largest absolute Gasteiger partial charge is 0.490 e. The van der Waals surface area contributed by atoms with E-state index in [2.05, 4.69) is 0 Å². The molecule has 84 valence electrons. The molecule has 0 saturated carbocycles. The van der Waals surface area contributed by atoms with Gasteiger partial charge in [0.25, 0.3) is 0 Å². The van der Waals surface area contributed by atoms with Gasteiger partial charge in [0.05, 0.1) is 6.61 Å². The SMILES string of the molecule is CCOc1c(CCCN)ccc(F)c1F. The van der Waals surface area contributed by atoms with Gasteiger partial charge in [0.1, 0.15) is 0 Å². The highest BCUT2D eigenvalue weighted by molar-refractivity contribution is 5.35. The summed E-state index contributed by atoms with van der Waals surface area (Å²) in [5.41, 5.74) is 6.03. The van der Waals surface area contributed by atoms with Gasteiger partial charge in [-0.3, -0.25) is 0 Å². The topological polar surface area (TPSA) is 35.2 Å². The molecule has 0 aromatic heterocycles. The van der Waals surface area contributed by atoms with E-state index in [0.717, 1.165) is 12.5 Å². The van der Waals surface area contributed by atoms with Crippen molar-refractivity contribution in [3.8, 4) is 5.75 Å². The van der Waals surface area contributed by atoms with Gasteiger partial charge in [0.2, 0.25) is 5.82 Å². The number of aryl methyl sites for hydroxylation is 1. The molecule has 15 heavy (non-hydrogen) atoms. The van der Waals surface area contributed by atoms with Crippen LogP contribution in [0.5, 0.6) is 5.75 Å². The molecule has 0 radical (unpaired) electrons. The van der Waals surface area contributed by atoms with Crippen LogP contribution in [0.3, 0.4) is 0 Å². The lowest BCUT2D eigenvalue weighted by Gasteiger charge is -2.11. The normalized spacial score (nSPS) is 10.4. The molecule has 1 aromatic carbocycles. The van der Waals surface area contributed by atoms with E-state index < -0.39 is 11.6 Å². The molecule has 2 N–H and O–H groups in total. The number of hydrogen-bond donors (Lipinski definition) is 1. The third-order valence-electron chi connectivity index (χ3n) is 2.07. The summed E-state index contributed by atoms with van der Waals surface area (Å²) in [6.45, 7) is 2.57. The second-order valence-corrected chi connectivity index (χ2v) is 3.17. The molecule has 0 amide bonds. The summed E-state index contributed by atoms with van der Waals surface area (Å²) in [5.74, 6) is -1.77. The fourth-order valence-electron chi connectivity index (χ4n) is 1.36. The molecule has 0 fully saturated rings. The van der Waals surface area contributed by atoms with Crippen LogP contribution in [0.1, 0.15) is 18.9 Å². The third-order valence-corrected chi connectivity index (χ3v) is 2.07. The van der Waals surface area contributed by atoms with Gasteiger partial charge in [-0.15, -0.1) is 0 Å². The third kappa shape index (κ3) is 2.89. The predicted octanol–water partition coefficient (Wildman–Crippen LogP) is 2.25. The van der Waals surface area contributed by atoms with E-state index in [1.807, 2.05) is 0 Å². The molecular weight excluding hydrogens is 200 g/mol. The quantitative estimate of drug-likeness (QED) is 0.817. The molecule has 0 unspecified atom stereocenters. The van der Waals surface area contributed by atoms with Gasteiger partial charge in [0.15, 0.2) is 11.6 Å². The van der Waals surface area contributed by atoms with Crippen molar-refractivity contribution in [3.05, 3.63) is 29.3 Å². The van der Waals surface area contributed by atoms with Crippen molar-refractivity contribution in [2.24, 2.45) is 5.73 Å². The first-order valence-corrected chi connectivity index (χ1v) is 5.00. The molecule has 0 aliphatic heterocycles. The van der Waals surface area contributed by atoms with Crippen LogP contribution in [0.15, 0.2) is 12.1 Å². The molecule has 0 aliphatic carbocycles. The lowest BCUT2D eigenvalue weighted by molar-refractivity contribution is 0.310. The maximum atomic E-state index is 13.3. The Morgan fingerprint density at radius 2 is 2.07 bits per heavy atom. The smallest absolute Gasteiger partial charge is 0.200 e. The summed E-state index contributed by atoms with van der Waals surface area (Å²) in [6.07, 6.45) is 1.33. The second kappa shape index (κ2) is 5.66. The summed E-state index contributed by atoms with van der Waals surface area (Å²) < 4.78 is 31.4. The van der Waals surface area contributed by atoms with E-state index in [0.29, 0.717) is 25.1 Å². The lowest BCUT2D eigenvalue weighted by Crippen LogP contribution is -2.05. The predicted molar refractivity (Wildman–Crippen MR) is 54.9 cm³/mol.